The number of likely N-dealkylation sites (N-methyl/N-ethyl adjacent to an activating group) is 1. The Morgan fingerprint density at radius 2 is 1.89 bits per heavy atom. The first-order valence-corrected chi connectivity index (χ1v) is 8.98. The number of hydrogen-bond acceptors (Lipinski definition) is 6. The van der Waals surface area contributed by atoms with Gasteiger partial charge in [-0.1, -0.05) is 0 Å². The van der Waals surface area contributed by atoms with Crippen LogP contribution in [0.15, 0.2) is 18.3 Å². The van der Waals surface area contributed by atoms with Gasteiger partial charge in [-0.05, 0) is 39.8 Å². The molecule has 2 amide bonds. The summed E-state index contributed by atoms with van der Waals surface area (Å²) in [7, 11) is 1.58. The molecule has 2 heterocycles. The van der Waals surface area contributed by atoms with E-state index in [0.29, 0.717) is 31.7 Å². The lowest BCUT2D eigenvalue weighted by Crippen LogP contribution is -2.55. The molecule has 0 aliphatic carbocycles. The second-order valence-electron chi connectivity index (χ2n) is 7.60. The third kappa shape index (κ3) is 5.33. The molecule has 8 heteroatoms. The van der Waals surface area contributed by atoms with Crippen LogP contribution >= 0.6 is 0 Å². The van der Waals surface area contributed by atoms with E-state index in [2.05, 4.69) is 9.88 Å². The molecule has 0 saturated carbocycles. The van der Waals surface area contributed by atoms with Crippen LogP contribution in [0, 0.1) is 11.3 Å². The average molecular weight is 373 g/mol. The predicted molar refractivity (Wildman–Crippen MR) is 101 cm³/mol. The van der Waals surface area contributed by atoms with Crippen molar-refractivity contribution in [2.75, 3.05) is 38.1 Å². The topological polar surface area (TPSA) is 89.8 Å². The van der Waals surface area contributed by atoms with Crippen molar-refractivity contribution in [2.24, 2.45) is 0 Å². The SMILES string of the molecule is C[C@@H](C(=O)N1CCN(c2ccc(C#N)cn2)CC1)N(C)C(=O)OC(C)(C)C. The fraction of sp³-hybridized carbons (Fsp3) is 0.579. The predicted octanol–water partition coefficient (Wildman–Crippen LogP) is 1.86. The summed E-state index contributed by atoms with van der Waals surface area (Å²) in [6.07, 6.45) is 1.04. The van der Waals surface area contributed by atoms with Crippen LogP contribution in [-0.4, -0.2) is 71.7 Å². The van der Waals surface area contributed by atoms with E-state index in [1.807, 2.05) is 12.1 Å². The molecule has 2 rings (SSSR count). The molecule has 8 nitrogen and oxygen atoms in total. The highest BCUT2D eigenvalue weighted by molar-refractivity contribution is 5.85. The van der Waals surface area contributed by atoms with Crippen LogP contribution in [0.25, 0.3) is 0 Å². The van der Waals surface area contributed by atoms with Crippen LogP contribution in [0.5, 0.6) is 0 Å². The van der Waals surface area contributed by atoms with Gasteiger partial charge in [0.1, 0.15) is 23.5 Å². The van der Waals surface area contributed by atoms with Gasteiger partial charge < -0.3 is 14.5 Å². The summed E-state index contributed by atoms with van der Waals surface area (Å²) in [4.78, 5) is 34.4. The number of carbonyl (C=O) groups is 2. The minimum absolute atomic E-state index is 0.101. The Morgan fingerprint density at radius 3 is 2.37 bits per heavy atom. The van der Waals surface area contributed by atoms with Gasteiger partial charge in [0.2, 0.25) is 5.91 Å². The summed E-state index contributed by atoms with van der Waals surface area (Å²) in [5, 5.41) is 8.85. The number of carbonyl (C=O) groups excluding carboxylic acids is 2. The lowest BCUT2D eigenvalue weighted by atomic mass is 10.2. The van der Waals surface area contributed by atoms with E-state index in [9.17, 15) is 9.59 Å². The van der Waals surface area contributed by atoms with E-state index in [-0.39, 0.29) is 5.91 Å². The molecule has 1 saturated heterocycles. The molecule has 0 spiro atoms. The molecule has 1 aliphatic rings. The first-order chi connectivity index (χ1) is 12.6. The van der Waals surface area contributed by atoms with Gasteiger partial charge in [0, 0.05) is 39.4 Å². The summed E-state index contributed by atoms with van der Waals surface area (Å²) in [5.41, 5.74) is -0.0834. The van der Waals surface area contributed by atoms with Crippen LogP contribution in [0.2, 0.25) is 0 Å². The number of nitrogens with zero attached hydrogens (tertiary/aromatic N) is 5. The van der Waals surface area contributed by atoms with Gasteiger partial charge in [-0.2, -0.15) is 5.26 Å². The van der Waals surface area contributed by atoms with E-state index in [1.54, 1.807) is 51.9 Å². The van der Waals surface area contributed by atoms with Crippen molar-refractivity contribution >= 4 is 17.8 Å². The second kappa shape index (κ2) is 8.25. The number of ether oxygens (including phenoxy) is 1. The highest BCUT2D eigenvalue weighted by atomic mass is 16.6. The summed E-state index contributed by atoms with van der Waals surface area (Å²) < 4.78 is 5.33. The van der Waals surface area contributed by atoms with Crippen molar-refractivity contribution < 1.29 is 14.3 Å². The largest absolute Gasteiger partial charge is 0.444 e. The zero-order chi connectivity index (χ0) is 20.2. The molecule has 1 aliphatic heterocycles. The fourth-order valence-electron chi connectivity index (χ4n) is 2.72. The number of pyridine rings is 1. The van der Waals surface area contributed by atoms with Crippen molar-refractivity contribution in [3.05, 3.63) is 23.9 Å². The fourth-order valence-corrected chi connectivity index (χ4v) is 2.72. The first-order valence-electron chi connectivity index (χ1n) is 8.98. The Kier molecular flexibility index (Phi) is 6.26. The Hall–Kier alpha value is -2.82. The Bertz CT molecular complexity index is 712. The quantitative estimate of drug-likeness (QED) is 0.803. The minimum atomic E-state index is -0.603. The molecule has 1 atom stereocenters. The molecular weight excluding hydrogens is 346 g/mol. The number of hydrogen-bond donors (Lipinski definition) is 0. The van der Waals surface area contributed by atoms with Gasteiger partial charge in [-0.25, -0.2) is 9.78 Å². The smallest absolute Gasteiger partial charge is 0.410 e. The maximum absolute atomic E-state index is 12.7. The molecular formula is C19H27N5O3. The van der Waals surface area contributed by atoms with Crippen LogP contribution in [-0.2, 0) is 9.53 Å². The summed E-state index contributed by atoms with van der Waals surface area (Å²) in [6, 6.07) is 5.00. The molecule has 1 aromatic rings. The number of rotatable bonds is 3. The van der Waals surface area contributed by atoms with Crippen molar-refractivity contribution in [2.45, 2.75) is 39.3 Å². The standard InChI is InChI=1S/C19H27N5O3/c1-14(22(5)18(26)27-19(2,3)4)17(25)24-10-8-23(9-11-24)16-7-6-15(12-20)13-21-16/h6-7,13-14H,8-11H2,1-5H3/t14-/m0/s1. The Morgan fingerprint density at radius 1 is 1.26 bits per heavy atom. The van der Waals surface area contributed by atoms with E-state index >= 15 is 0 Å². The van der Waals surface area contributed by atoms with Gasteiger partial charge in [0.15, 0.2) is 0 Å². The lowest BCUT2D eigenvalue weighted by molar-refractivity contribution is -0.136. The minimum Gasteiger partial charge on any atom is -0.444 e. The number of piperazine rings is 1. The van der Waals surface area contributed by atoms with Gasteiger partial charge in [0.25, 0.3) is 0 Å². The summed E-state index contributed by atoms with van der Waals surface area (Å²) >= 11 is 0. The molecule has 0 N–H and O–H groups in total. The van der Waals surface area contributed by atoms with Crippen LogP contribution < -0.4 is 4.90 Å². The molecule has 0 radical (unpaired) electrons. The molecule has 1 aromatic heterocycles. The maximum Gasteiger partial charge on any atom is 0.410 e. The summed E-state index contributed by atoms with van der Waals surface area (Å²) in [5.74, 6) is 0.691. The number of aromatic nitrogens is 1. The van der Waals surface area contributed by atoms with Gasteiger partial charge in [0.05, 0.1) is 5.56 Å². The van der Waals surface area contributed by atoms with Gasteiger partial charge >= 0.3 is 6.09 Å². The van der Waals surface area contributed by atoms with Crippen molar-refractivity contribution in [3.8, 4) is 6.07 Å². The van der Waals surface area contributed by atoms with Crippen LogP contribution in [0.4, 0.5) is 10.6 Å². The maximum atomic E-state index is 12.7. The van der Waals surface area contributed by atoms with Crippen molar-refractivity contribution in [1.82, 2.24) is 14.8 Å². The van der Waals surface area contributed by atoms with E-state index in [4.69, 9.17) is 10.00 Å². The van der Waals surface area contributed by atoms with Crippen molar-refractivity contribution in [3.63, 3.8) is 0 Å². The highest BCUT2D eigenvalue weighted by Crippen LogP contribution is 2.16. The van der Waals surface area contributed by atoms with E-state index < -0.39 is 17.7 Å². The second-order valence-corrected chi connectivity index (χ2v) is 7.60. The Balaban J connectivity index is 1.91. The number of anilines is 1. The molecule has 0 aromatic carbocycles. The van der Waals surface area contributed by atoms with Crippen molar-refractivity contribution in [1.29, 1.82) is 5.26 Å². The van der Waals surface area contributed by atoms with E-state index in [1.165, 1.54) is 4.90 Å². The van der Waals surface area contributed by atoms with Crippen LogP contribution in [0.3, 0.4) is 0 Å². The molecule has 0 unspecified atom stereocenters. The Labute approximate surface area is 160 Å². The molecule has 146 valence electrons. The first kappa shape index (κ1) is 20.5. The molecule has 0 bridgehead atoms. The lowest BCUT2D eigenvalue weighted by Gasteiger charge is -2.38. The monoisotopic (exact) mass is 373 g/mol. The zero-order valence-electron chi connectivity index (χ0n) is 16.6. The number of nitriles is 1. The third-order valence-corrected chi connectivity index (χ3v) is 4.41. The summed E-state index contributed by atoms with van der Waals surface area (Å²) in [6.45, 7) is 9.48. The highest BCUT2D eigenvalue weighted by Gasteiger charge is 2.31. The molecule has 1 fully saturated rings. The van der Waals surface area contributed by atoms with Crippen LogP contribution in [0.1, 0.15) is 33.3 Å². The van der Waals surface area contributed by atoms with Gasteiger partial charge in [-0.15, -0.1) is 0 Å². The number of amides is 2. The zero-order valence-corrected chi connectivity index (χ0v) is 16.6. The molecule has 27 heavy (non-hydrogen) atoms. The third-order valence-electron chi connectivity index (χ3n) is 4.41. The average Bonchev–Trinajstić information content (AvgIpc) is 2.65. The van der Waals surface area contributed by atoms with E-state index in [0.717, 1.165) is 5.82 Å². The van der Waals surface area contributed by atoms with Gasteiger partial charge in [-0.3, -0.25) is 9.69 Å². The normalized spacial score (nSPS) is 15.7.